The minimum atomic E-state index is -0.919. The lowest BCUT2D eigenvalue weighted by molar-refractivity contribution is -0.121. The average molecular weight is 386 g/mol. The molecule has 6 nitrogen and oxygen atoms in total. The highest BCUT2D eigenvalue weighted by atomic mass is 19.1. The second-order valence-electron chi connectivity index (χ2n) is 6.34. The molecule has 0 spiro atoms. The van der Waals surface area contributed by atoms with E-state index in [1.165, 1.54) is 0 Å². The molecule has 0 saturated heterocycles. The van der Waals surface area contributed by atoms with Gasteiger partial charge in [0.25, 0.3) is 5.91 Å². The van der Waals surface area contributed by atoms with Crippen molar-refractivity contribution < 1.29 is 18.4 Å². The molecular formula is C20H20F2N4O2. The number of rotatable bonds is 7. The summed E-state index contributed by atoms with van der Waals surface area (Å²) >= 11 is 0. The Hall–Kier alpha value is -3.29. The summed E-state index contributed by atoms with van der Waals surface area (Å²) in [6, 6.07) is 10.5. The predicted octanol–water partition coefficient (Wildman–Crippen LogP) is 2.68. The second kappa shape index (κ2) is 8.60. The fraction of sp³-hybridized carbons (Fsp3) is 0.250. The van der Waals surface area contributed by atoms with Crippen molar-refractivity contribution >= 4 is 22.8 Å². The topological polar surface area (TPSA) is 76.0 Å². The summed E-state index contributed by atoms with van der Waals surface area (Å²) in [6.07, 6.45) is 0.596. The van der Waals surface area contributed by atoms with Gasteiger partial charge in [0, 0.05) is 26.1 Å². The number of nitrogens with zero attached hydrogens (tertiary/aromatic N) is 2. The summed E-state index contributed by atoms with van der Waals surface area (Å²) in [4.78, 5) is 28.3. The van der Waals surface area contributed by atoms with E-state index in [-0.39, 0.29) is 24.4 Å². The van der Waals surface area contributed by atoms with Gasteiger partial charge < -0.3 is 15.2 Å². The van der Waals surface area contributed by atoms with Crippen molar-refractivity contribution in [2.24, 2.45) is 7.05 Å². The molecule has 0 fully saturated rings. The van der Waals surface area contributed by atoms with Crippen molar-refractivity contribution in [1.29, 1.82) is 0 Å². The zero-order valence-corrected chi connectivity index (χ0v) is 15.3. The molecule has 2 aromatic carbocycles. The van der Waals surface area contributed by atoms with Crippen LogP contribution in [-0.4, -0.2) is 27.9 Å². The molecule has 0 unspecified atom stereocenters. The van der Waals surface area contributed by atoms with Gasteiger partial charge in [0.2, 0.25) is 5.91 Å². The van der Waals surface area contributed by atoms with Gasteiger partial charge in [-0.25, -0.2) is 13.8 Å². The minimum Gasteiger partial charge on any atom is -0.352 e. The number of aryl methyl sites for hydroxylation is 1. The second-order valence-corrected chi connectivity index (χ2v) is 6.34. The molecule has 28 heavy (non-hydrogen) atoms. The Morgan fingerprint density at radius 1 is 1.11 bits per heavy atom. The van der Waals surface area contributed by atoms with Gasteiger partial charge in [-0.3, -0.25) is 9.59 Å². The molecule has 0 bridgehead atoms. The van der Waals surface area contributed by atoms with Gasteiger partial charge in [0.05, 0.1) is 23.1 Å². The quantitative estimate of drug-likeness (QED) is 0.613. The minimum absolute atomic E-state index is 0.172. The van der Waals surface area contributed by atoms with E-state index in [4.69, 9.17) is 0 Å². The van der Waals surface area contributed by atoms with Gasteiger partial charge >= 0.3 is 0 Å². The van der Waals surface area contributed by atoms with E-state index in [0.29, 0.717) is 19.0 Å². The van der Waals surface area contributed by atoms with E-state index < -0.39 is 17.5 Å². The molecule has 2 N–H and O–H groups in total. The van der Waals surface area contributed by atoms with Crippen LogP contribution >= 0.6 is 0 Å². The molecule has 8 heteroatoms. The predicted molar refractivity (Wildman–Crippen MR) is 100 cm³/mol. The first-order valence-electron chi connectivity index (χ1n) is 8.86. The number of para-hydroxylation sites is 2. The molecule has 0 aliphatic heterocycles. The number of aromatic nitrogens is 2. The summed E-state index contributed by atoms with van der Waals surface area (Å²) in [5, 5.41) is 5.32. The number of benzene rings is 2. The Labute approximate surface area is 160 Å². The molecule has 2 amide bonds. The third kappa shape index (κ3) is 4.51. The molecule has 3 rings (SSSR count). The van der Waals surface area contributed by atoms with Crippen LogP contribution in [0.15, 0.2) is 42.5 Å². The van der Waals surface area contributed by atoms with E-state index in [1.807, 2.05) is 35.9 Å². The molecule has 0 saturated carbocycles. The fourth-order valence-electron chi connectivity index (χ4n) is 2.84. The maximum Gasteiger partial charge on any atom is 0.254 e. The number of carbonyl (C=O) groups is 2. The van der Waals surface area contributed by atoms with Crippen LogP contribution in [0.25, 0.3) is 11.0 Å². The highest BCUT2D eigenvalue weighted by molar-refractivity contribution is 5.94. The largest absolute Gasteiger partial charge is 0.352 e. The van der Waals surface area contributed by atoms with Crippen LogP contribution in [0.5, 0.6) is 0 Å². The van der Waals surface area contributed by atoms with Crippen LogP contribution in [0.2, 0.25) is 0 Å². The van der Waals surface area contributed by atoms with E-state index in [0.717, 1.165) is 29.0 Å². The first-order chi connectivity index (χ1) is 13.5. The van der Waals surface area contributed by atoms with Crippen LogP contribution < -0.4 is 10.6 Å². The SMILES string of the molecule is Cn1c(CNC(=O)CCCNC(=O)c2ccc(F)cc2F)nc2ccccc21. The number of amides is 2. The number of halogens is 2. The number of nitrogens with one attached hydrogen (secondary N) is 2. The maximum absolute atomic E-state index is 13.5. The smallest absolute Gasteiger partial charge is 0.254 e. The lowest BCUT2D eigenvalue weighted by atomic mass is 10.2. The monoisotopic (exact) mass is 386 g/mol. The third-order valence-electron chi connectivity index (χ3n) is 4.37. The van der Waals surface area contributed by atoms with Crippen molar-refractivity contribution in [3.8, 4) is 0 Å². The van der Waals surface area contributed by atoms with E-state index in [9.17, 15) is 18.4 Å². The van der Waals surface area contributed by atoms with Gasteiger partial charge in [0.1, 0.15) is 17.5 Å². The molecule has 1 aromatic heterocycles. The third-order valence-corrected chi connectivity index (χ3v) is 4.37. The zero-order chi connectivity index (χ0) is 20.1. The van der Waals surface area contributed by atoms with E-state index >= 15 is 0 Å². The summed E-state index contributed by atoms with van der Waals surface area (Å²) in [5.74, 6) is -1.73. The lowest BCUT2D eigenvalue weighted by Crippen LogP contribution is -2.28. The van der Waals surface area contributed by atoms with E-state index in [1.54, 1.807) is 0 Å². The molecule has 0 aliphatic rings. The number of hydrogen-bond acceptors (Lipinski definition) is 3. The first kappa shape index (κ1) is 19.5. The number of imidazole rings is 1. The number of fused-ring (bicyclic) bond motifs is 1. The van der Waals surface area contributed by atoms with Gasteiger partial charge in [-0.1, -0.05) is 12.1 Å². The van der Waals surface area contributed by atoms with Crippen molar-refractivity contribution in [3.63, 3.8) is 0 Å². The summed E-state index contributed by atoms with van der Waals surface area (Å²) < 4.78 is 28.3. The van der Waals surface area contributed by atoms with Crippen LogP contribution in [0.4, 0.5) is 8.78 Å². The molecule has 0 atom stereocenters. The Morgan fingerprint density at radius 3 is 2.64 bits per heavy atom. The Bertz CT molecular complexity index is 1020. The summed E-state index contributed by atoms with van der Waals surface area (Å²) in [5.41, 5.74) is 1.63. The van der Waals surface area contributed by atoms with Crippen LogP contribution in [0.1, 0.15) is 29.0 Å². The van der Waals surface area contributed by atoms with Gasteiger partial charge in [-0.05, 0) is 30.7 Å². The van der Waals surface area contributed by atoms with Crippen molar-refractivity contribution in [1.82, 2.24) is 20.2 Å². The Kier molecular flexibility index (Phi) is 5.98. The Morgan fingerprint density at radius 2 is 1.89 bits per heavy atom. The highest BCUT2D eigenvalue weighted by Crippen LogP contribution is 2.14. The molecule has 1 heterocycles. The molecule has 3 aromatic rings. The van der Waals surface area contributed by atoms with Gasteiger partial charge in [0.15, 0.2) is 0 Å². The van der Waals surface area contributed by atoms with Crippen molar-refractivity contribution in [2.45, 2.75) is 19.4 Å². The average Bonchev–Trinajstić information content (AvgIpc) is 2.99. The Balaban J connectivity index is 1.42. The van der Waals surface area contributed by atoms with E-state index in [2.05, 4.69) is 15.6 Å². The van der Waals surface area contributed by atoms with Crippen molar-refractivity contribution in [2.75, 3.05) is 6.54 Å². The standard InChI is InChI=1S/C20H20F2N4O2/c1-26-17-6-3-2-5-16(17)25-18(26)12-24-19(27)7-4-10-23-20(28)14-9-8-13(21)11-15(14)22/h2-3,5-6,8-9,11H,4,7,10,12H2,1H3,(H,23,28)(H,24,27). The lowest BCUT2D eigenvalue weighted by Gasteiger charge is -2.07. The summed E-state index contributed by atoms with van der Waals surface area (Å²) in [7, 11) is 1.89. The molecule has 0 aliphatic carbocycles. The highest BCUT2D eigenvalue weighted by Gasteiger charge is 2.12. The molecule has 146 valence electrons. The fourth-order valence-corrected chi connectivity index (χ4v) is 2.84. The first-order valence-corrected chi connectivity index (χ1v) is 8.86. The van der Waals surface area contributed by atoms with Gasteiger partial charge in [-0.15, -0.1) is 0 Å². The molecule has 0 radical (unpaired) electrons. The summed E-state index contributed by atoms with van der Waals surface area (Å²) in [6.45, 7) is 0.506. The number of hydrogen-bond donors (Lipinski definition) is 2. The zero-order valence-electron chi connectivity index (χ0n) is 15.3. The van der Waals surface area contributed by atoms with Crippen molar-refractivity contribution in [3.05, 3.63) is 65.5 Å². The molecular weight excluding hydrogens is 366 g/mol. The van der Waals surface area contributed by atoms with Gasteiger partial charge in [-0.2, -0.15) is 0 Å². The van der Waals surface area contributed by atoms with Crippen LogP contribution in [0.3, 0.4) is 0 Å². The van der Waals surface area contributed by atoms with Crippen LogP contribution in [-0.2, 0) is 18.4 Å². The maximum atomic E-state index is 13.5. The van der Waals surface area contributed by atoms with Crippen LogP contribution in [0, 0.1) is 11.6 Å². The number of carbonyl (C=O) groups excluding carboxylic acids is 2. The normalized spacial score (nSPS) is 10.8.